The first-order valence-electron chi connectivity index (χ1n) is 19.8. The number of halogens is 3. The van der Waals surface area contributed by atoms with Gasteiger partial charge in [-0.05, 0) is 121 Å². The van der Waals surface area contributed by atoms with Crippen molar-refractivity contribution in [1.29, 1.82) is 0 Å². The van der Waals surface area contributed by atoms with Gasteiger partial charge < -0.3 is 26.2 Å². The zero-order valence-electron chi connectivity index (χ0n) is 32.1. The fourth-order valence-corrected chi connectivity index (χ4v) is 10.3. The molecule has 2 aromatic carbocycles. The summed E-state index contributed by atoms with van der Waals surface area (Å²) in [5, 5.41) is 10.0. The second-order valence-corrected chi connectivity index (χ2v) is 17.0. The minimum Gasteiger partial charge on any atom is -0.376 e. The van der Waals surface area contributed by atoms with Crippen molar-refractivity contribution in [2.45, 2.75) is 113 Å². The number of carbonyl (C=O) groups is 1. The summed E-state index contributed by atoms with van der Waals surface area (Å²) in [4.78, 5) is 21.7. The largest absolute Gasteiger partial charge is 0.376 e. The predicted octanol–water partition coefficient (Wildman–Crippen LogP) is 8.79. The van der Waals surface area contributed by atoms with Gasteiger partial charge in [-0.25, -0.2) is 13.8 Å². The third kappa shape index (κ3) is 10.6. The number of nitrogens with zero attached hydrogens (tertiary/aromatic N) is 3. The molecule has 54 heavy (non-hydrogen) atoms. The van der Waals surface area contributed by atoms with Crippen LogP contribution in [-0.4, -0.2) is 83.9 Å². The van der Waals surface area contributed by atoms with Crippen LogP contribution in [0, 0.1) is 11.6 Å². The maximum atomic E-state index is 14.5. The van der Waals surface area contributed by atoms with E-state index in [1.807, 2.05) is 12.1 Å². The van der Waals surface area contributed by atoms with Gasteiger partial charge in [0.05, 0.1) is 17.0 Å². The molecule has 2 aliphatic heterocycles. The zero-order chi connectivity index (χ0) is 38.6. The number of ketones is 1. The van der Waals surface area contributed by atoms with Gasteiger partial charge in [-0.15, -0.1) is 22.9 Å². The van der Waals surface area contributed by atoms with Gasteiger partial charge in [0.15, 0.2) is 16.0 Å². The normalized spacial score (nSPS) is 21.9. The monoisotopic (exact) mass is 800 g/mol. The van der Waals surface area contributed by atoms with Crippen molar-refractivity contribution < 1.29 is 13.6 Å². The van der Waals surface area contributed by atoms with Gasteiger partial charge in [-0.3, -0.25) is 4.79 Å². The third-order valence-corrected chi connectivity index (χ3v) is 13.4. The molecule has 4 aliphatic rings. The number of nitrogens with one attached hydrogen (secondary N) is 2. The fraction of sp³-hybridized carbons (Fsp3) is 0.595. The molecular formula is C42H59ClF2N6OS2. The molecule has 7 rings (SSSR count). The Hall–Kier alpha value is -2.70. The average Bonchev–Trinajstić information content (AvgIpc) is 4.02. The molecule has 3 heterocycles. The van der Waals surface area contributed by atoms with Gasteiger partial charge in [0, 0.05) is 41.5 Å². The molecule has 3 aromatic rings. The summed E-state index contributed by atoms with van der Waals surface area (Å²) < 4.78 is 28.3. The number of Topliss-reactive ketones (excluding diaryl/α,β-unsaturated/α-hetero) is 1. The van der Waals surface area contributed by atoms with Crippen LogP contribution in [0.1, 0.15) is 107 Å². The minimum atomic E-state index is -0.660. The van der Waals surface area contributed by atoms with Crippen LogP contribution in [0.2, 0.25) is 0 Å². The highest BCUT2D eigenvalue weighted by Crippen LogP contribution is 2.48. The maximum Gasteiger partial charge on any atom is 0.182 e. The van der Waals surface area contributed by atoms with Gasteiger partial charge >= 0.3 is 0 Å². The summed E-state index contributed by atoms with van der Waals surface area (Å²) in [6, 6.07) is 15.2. The lowest BCUT2D eigenvalue weighted by molar-refractivity contribution is -0.122. The topological polar surface area (TPSA) is 86.5 Å². The number of thiocarbonyl (C=S) groups is 1. The van der Waals surface area contributed by atoms with E-state index in [9.17, 15) is 13.6 Å². The number of hydrogen-bond donors (Lipinski definition) is 3. The van der Waals surface area contributed by atoms with Crippen LogP contribution in [-0.2, 0) is 15.6 Å². The van der Waals surface area contributed by atoms with E-state index in [1.54, 1.807) is 41.7 Å². The van der Waals surface area contributed by atoms with E-state index < -0.39 is 5.41 Å². The molecule has 296 valence electrons. The van der Waals surface area contributed by atoms with E-state index in [2.05, 4.69) is 39.9 Å². The molecule has 2 unspecified atom stereocenters. The van der Waals surface area contributed by atoms with Gasteiger partial charge in [-0.1, -0.05) is 62.1 Å². The van der Waals surface area contributed by atoms with Crippen LogP contribution in [0.4, 0.5) is 13.9 Å². The number of anilines is 1. The Morgan fingerprint density at radius 2 is 1.41 bits per heavy atom. The molecule has 2 saturated carbocycles. The molecule has 1 aromatic heterocycles. The molecule has 2 aliphatic carbocycles. The van der Waals surface area contributed by atoms with Crippen LogP contribution < -0.4 is 16.4 Å². The Kier molecular flexibility index (Phi) is 16.1. The van der Waals surface area contributed by atoms with Gasteiger partial charge in [0.2, 0.25) is 0 Å². The van der Waals surface area contributed by atoms with E-state index in [1.165, 1.54) is 44.8 Å². The van der Waals surface area contributed by atoms with Crippen molar-refractivity contribution in [3.05, 3.63) is 82.4 Å². The van der Waals surface area contributed by atoms with E-state index in [0.29, 0.717) is 16.7 Å². The lowest BCUT2D eigenvalue weighted by Crippen LogP contribution is -2.34. The number of aromatic nitrogens is 1. The molecule has 7 nitrogen and oxygen atoms in total. The highest BCUT2D eigenvalue weighted by Gasteiger charge is 2.43. The van der Waals surface area contributed by atoms with Crippen LogP contribution in [0.25, 0.3) is 0 Å². The number of rotatable bonds is 12. The number of nitrogens with two attached hydrogens (primary N) is 1. The maximum absolute atomic E-state index is 14.5. The quantitative estimate of drug-likeness (QED) is 0.124. The summed E-state index contributed by atoms with van der Waals surface area (Å²) in [6.45, 7) is 4.31. The summed E-state index contributed by atoms with van der Waals surface area (Å²) in [5.74, 6) is -0.463. The molecule has 4 fully saturated rings. The van der Waals surface area contributed by atoms with Crippen molar-refractivity contribution in [3.8, 4) is 0 Å². The summed E-state index contributed by atoms with van der Waals surface area (Å²) in [7, 11) is 4.40. The zero-order valence-corrected chi connectivity index (χ0v) is 34.5. The molecule has 0 radical (unpaired) electrons. The number of benzene rings is 2. The number of likely N-dealkylation sites (tertiary alicyclic amines) is 2. The second-order valence-electron chi connectivity index (χ2n) is 15.5. The van der Waals surface area contributed by atoms with Crippen LogP contribution in [0.15, 0.2) is 53.9 Å². The van der Waals surface area contributed by atoms with Crippen molar-refractivity contribution in [1.82, 2.24) is 20.1 Å². The summed E-state index contributed by atoms with van der Waals surface area (Å²) in [5.41, 5.74) is 6.81. The number of thiazole rings is 1. The van der Waals surface area contributed by atoms with Gasteiger partial charge in [0.25, 0.3) is 0 Å². The number of alkyl halides is 1. The van der Waals surface area contributed by atoms with Crippen molar-refractivity contribution in [2.24, 2.45) is 5.73 Å². The first kappa shape index (κ1) is 42.4. The Bertz CT molecular complexity index is 1650. The van der Waals surface area contributed by atoms with Gasteiger partial charge in [0.1, 0.15) is 11.6 Å². The van der Waals surface area contributed by atoms with E-state index in [-0.39, 0.29) is 28.7 Å². The molecular weight excluding hydrogens is 742 g/mol. The Morgan fingerprint density at radius 3 is 1.93 bits per heavy atom. The van der Waals surface area contributed by atoms with Crippen LogP contribution in [0.3, 0.4) is 0 Å². The average molecular weight is 802 g/mol. The third-order valence-electron chi connectivity index (χ3n) is 12.2. The van der Waals surface area contributed by atoms with E-state index >= 15 is 0 Å². The standard InChI is InChI=1S/C21H28FN3S.C13H14ClFO.C8H17N3S/c1-25-14-6-7-16(25)10-13-23-20-24-19(15-26-20)21(11-4-5-12-21)17-8-2-3-9-18(17)22;14-9-12(16)13(7-3-4-8-13)10-5-1-2-6-11(10)15;1-11-6-2-3-7(11)4-5-10-8(9)12/h2-3,8-9,15-16H,4-7,10-14H2,1H3,(H,23,24);1-2,5-6H,3-4,7-9H2;7H,2-6H2,1H3,(H3,9,10,12). The molecule has 2 atom stereocenters. The van der Waals surface area contributed by atoms with Crippen molar-refractivity contribution >= 4 is 51.2 Å². The predicted molar refractivity (Wildman–Crippen MR) is 224 cm³/mol. The molecule has 0 spiro atoms. The lowest BCUT2D eigenvalue weighted by atomic mass is 9.75. The van der Waals surface area contributed by atoms with Crippen molar-refractivity contribution in [3.63, 3.8) is 0 Å². The number of carbonyl (C=O) groups excluding carboxylic acids is 1. The molecule has 4 N–H and O–H groups in total. The second kappa shape index (κ2) is 20.5. The number of hydrogen-bond acceptors (Lipinski definition) is 7. The highest BCUT2D eigenvalue weighted by atomic mass is 35.5. The Morgan fingerprint density at radius 1 is 0.870 bits per heavy atom. The van der Waals surface area contributed by atoms with Crippen LogP contribution in [0.5, 0.6) is 0 Å². The SMILES string of the molecule is CN1CCCC1CCNC(N)=S.CN1CCCC1CCNc1nc(C2(c3ccccc3F)CCCC2)cs1.O=C(CCl)C1(c2ccccc2F)CCCC1. The Balaban J connectivity index is 0.000000171. The molecule has 0 amide bonds. The van der Waals surface area contributed by atoms with Gasteiger partial charge in [-0.2, -0.15) is 0 Å². The first-order valence-corrected chi connectivity index (χ1v) is 21.6. The highest BCUT2D eigenvalue weighted by molar-refractivity contribution is 7.80. The summed E-state index contributed by atoms with van der Waals surface area (Å²) >= 11 is 12.0. The molecule has 0 bridgehead atoms. The molecule has 12 heteroatoms. The Labute approximate surface area is 335 Å². The van der Waals surface area contributed by atoms with E-state index in [4.69, 9.17) is 34.5 Å². The fourth-order valence-electron chi connectivity index (χ4n) is 9.12. The smallest absolute Gasteiger partial charge is 0.182 e. The van der Waals surface area contributed by atoms with Crippen LogP contribution >= 0.6 is 35.2 Å². The minimum absolute atomic E-state index is 0.0334. The molecule has 2 saturated heterocycles. The first-order chi connectivity index (χ1) is 26.1. The van der Waals surface area contributed by atoms with E-state index in [0.717, 1.165) is 99.7 Å². The summed E-state index contributed by atoms with van der Waals surface area (Å²) in [6.07, 6.45) is 15.2. The van der Waals surface area contributed by atoms with Crippen molar-refractivity contribution in [2.75, 3.05) is 51.5 Å². The lowest BCUT2D eigenvalue weighted by Gasteiger charge is -2.28.